The molecule has 25 heavy (non-hydrogen) atoms. The summed E-state index contributed by atoms with van der Waals surface area (Å²) in [7, 11) is 0. The van der Waals surface area contributed by atoms with Gasteiger partial charge in [-0.2, -0.15) is 13.2 Å². The number of oxazole rings is 1. The summed E-state index contributed by atoms with van der Waals surface area (Å²) in [5, 5.41) is 20.3. The Morgan fingerprint density at radius 1 is 1.24 bits per heavy atom. The topological polar surface area (TPSA) is 113 Å². The van der Waals surface area contributed by atoms with Crippen molar-refractivity contribution < 1.29 is 37.4 Å². The first kappa shape index (κ1) is 18.5. The van der Waals surface area contributed by atoms with Crippen LogP contribution in [-0.4, -0.2) is 39.2 Å². The van der Waals surface area contributed by atoms with E-state index in [-0.39, 0.29) is 17.1 Å². The minimum atomic E-state index is -4.48. The van der Waals surface area contributed by atoms with Gasteiger partial charge in [-0.1, -0.05) is 0 Å². The molecule has 134 valence electrons. The zero-order chi connectivity index (χ0) is 18.8. The van der Waals surface area contributed by atoms with E-state index in [2.05, 4.69) is 10.3 Å². The van der Waals surface area contributed by atoms with Crippen LogP contribution in [0.5, 0.6) is 0 Å². The molecule has 0 radical (unpaired) electrons. The summed E-state index contributed by atoms with van der Waals surface area (Å²) in [5.74, 6) is -2.45. The number of rotatable bonds is 5. The molecule has 10 heteroatoms. The van der Waals surface area contributed by atoms with Crippen molar-refractivity contribution in [2.45, 2.75) is 25.2 Å². The fourth-order valence-electron chi connectivity index (χ4n) is 1.92. The molecule has 0 aliphatic carbocycles. The highest BCUT2D eigenvalue weighted by molar-refractivity contribution is 5.95. The summed E-state index contributed by atoms with van der Waals surface area (Å²) in [6.07, 6.45) is -4.89. The maximum atomic E-state index is 12.5. The van der Waals surface area contributed by atoms with Crippen LogP contribution in [0.3, 0.4) is 0 Å². The molecule has 0 fully saturated rings. The number of carboxylic acids is 1. The number of benzene rings is 1. The van der Waals surface area contributed by atoms with Gasteiger partial charge in [-0.3, -0.25) is 4.79 Å². The van der Waals surface area contributed by atoms with E-state index in [9.17, 15) is 27.9 Å². The number of carbonyl (C=O) groups is 2. The molecule has 1 heterocycles. The van der Waals surface area contributed by atoms with Gasteiger partial charge >= 0.3 is 12.1 Å². The molecule has 2 rings (SSSR count). The summed E-state index contributed by atoms with van der Waals surface area (Å²) < 4.78 is 42.6. The van der Waals surface area contributed by atoms with E-state index >= 15 is 0 Å². The van der Waals surface area contributed by atoms with Gasteiger partial charge in [0, 0.05) is 5.56 Å². The Labute approximate surface area is 139 Å². The van der Waals surface area contributed by atoms with Crippen molar-refractivity contribution in [2.75, 3.05) is 0 Å². The summed E-state index contributed by atoms with van der Waals surface area (Å²) in [4.78, 5) is 26.7. The van der Waals surface area contributed by atoms with Gasteiger partial charge in [0.1, 0.15) is 6.26 Å². The Morgan fingerprint density at radius 3 is 2.32 bits per heavy atom. The molecule has 0 bridgehead atoms. The standard InChI is InChI=1S/C15H13F3N2O5/c1-7(21)11(14(23)24)20-12(22)10-6-25-13(19-10)8-2-4-9(5-3-8)15(16,17)18/h2-7,11,21H,1H3,(H,20,22)(H,23,24). The molecule has 0 saturated carbocycles. The highest BCUT2D eigenvalue weighted by atomic mass is 19.4. The van der Waals surface area contributed by atoms with Crippen LogP contribution in [0.4, 0.5) is 13.2 Å². The highest BCUT2D eigenvalue weighted by Gasteiger charge is 2.30. The molecular weight excluding hydrogens is 345 g/mol. The van der Waals surface area contributed by atoms with Crippen molar-refractivity contribution in [3.8, 4) is 11.5 Å². The average molecular weight is 358 g/mol. The highest BCUT2D eigenvalue weighted by Crippen LogP contribution is 2.30. The molecule has 1 aromatic heterocycles. The number of alkyl halides is 3. The Kier molecular flexibility index (Phi) is 5.12. The van der Waals surface area contributed by atoms with Gasteiger partial charge in [0.2, 0.25) is 5.89 Å². The van der Waals surface area contributed by atoms with Gasteiger partial charge in [0.05, 0.1) is 11.7 Å². The molecule has 2 aromatic rings. The molecule has 1 amide bonds. The predicted octanol–water partition coefficient (Wildman–Crippen LogP) is 1.92. The molecular formula is C15H13F3N2O5. The third-order valence-electron chi connectivity index (χ3n) is 3.23. The van der Waals surface area contributed by atoms with E-state index in [1.54, 1.807) is 0 Å². The lowest BCUT2D eigenvalue weighted by atomic mass is 10.1. The number of carboxylic acid groups (broad SMARTS) is 1. The molecule has 0 aliphatic heterocycles. The first-order valence-electron chi connectivity index (χ1n) is 6.94. The number of nitrogens with zero attached hydrogens (tertiary/aromatic N) is 1. The van der Waals surface area contributed by atoms with E-state index in [1.165, 1.54) is 6.92 Å². The predicted molar refractivity (Wildman–Crippen MR) is 77.5 cm³/mol. The number of carbonyl (C=O) groups excluding carboxylic acids is 1. The second-order valence-electron chi connectivity index (χ2n) is 5.14. The number of aliphatic hydroxyl groups is 1. The number of hydrogen-bond donors (Lipinski definition) is 3. The molecule has 0 saturated heterocycles. The monoisotopic (exact) mass is 358 g/mol. The maximum absolute atomic E-state index is 12.5. The molecule has 3 N–H and O–H groups in total. The van der Waals surface area contributed by atoms with E-state index in [1.807, 2.05) is 0 Å². The number of aliphatic hydroxyl groups excluding tert-OH is 1. The lowest BCUT2D eigenvalue weighted by Gasteiger charge is -2.15. The van der Waals surface area contributed by atoms with Crippen LogP contribution in [0.25, 0.3) is 11.5 Å². The van der Waals surface area contributed by atoms with E-state index in [0.29, 0.717) is 0 Å². The van der Waals surface area contributed by atoms with Gasteiger partial charge < -0.3 is 19.9 Å². The van der Waals surface area contributed by atoms with Gasteiger partial charge in [-0.25, -0.2) is 9.78 Å². The molecule has 7 nitrogen and oxygen atoms in total. The van der Waals surface area contributed by atoms with Crippen molar-refractivity contribution in [1.82, 2.24) is 10.3 Å². The largest absolute Gasteiger partial charge is 0.480 e. The van der Waals surface area contributed by atoms with Crippen LogP contribution < -0.4 is 5.32 Å². The third kappa shape index (κ3) is 4.35. The number of aromatic nitrogens is 1. The Bertz CT molecular complexity index is 768. The van der Waals surface area contributed by atoms with E-state index in [4.69, 9.17) is 9.52 Å². The number of nitrogens with one attached hydrogen (secondary N) is 1. The van der Waals surface area contributed by atoms with Crippen LogP contribution >= 0.6 is 0 Å². The fraction of sp³-hybridized carbons (Fsp3) is 0.267. The summed E-state index contributed by atoms with van der Waals surface area (Å²) in [5.41, 5.74) is -0.916. The van der Waals surface area contributed by atoms with Crippen LogP contribution in [0, 0.1) is 0 Å². The van der Waals surface area contributed by atoms with Crippen molar-refractivity contribution in [2.24, 2.45) is 0 Å². The van der Waals surface area contributed by atoms with Crippen LogP contribution in [-0.2, 0) is 11.0 Å². The van der Waals surface area contributed by atoms with E-state index in [0.717, 1.165) is 30.5 Å². The van der Waals surface area contributed by atoms with Crippen molar-refractivity contribution >= 4 is 11.9 Å². The SMILES string of the molecule is CC(O)C(NC(=O)c1coc(-c2ccc(C(F)(F)F)cc2)n1)C(=O)O. The van der Waals surface area contributed by atoms with Gasteiger partial charge in [-0.15, -0.1) is 0 Å². The van der Waals surface area contributed by atoms with Gasteiger partial charge in [0.25, 0.3) is 5.91 Å². The maximum Gasteiger partial charge on any atom is 0.416 e. The fourth-order valence-corrected chi connectivity index (χ4v) is 1.92. The zero-order valence-corrected chi connectivity index (χ0v) is 12.7. The number of hydrogen-bond acceptors (Lipinski definition) is 5. The van der Waals surface area contributed by atoms with Crippen LogP contribution in [0.15, 0.2) is 34.9 Å². The first-order valence-corrected chi connectivity index (χ1v) is 6.94. The van der Waals surface area contributed by atoms with Crippen LogP contribution in [0.2, 0.25) is 0 Å². The van der Waals surface area contributed by atoms with Gasteiger partial charge in [-0.05, 0) is 31.2 Å². The van der Waals surface area contributed by atoms with Crippen molar-refractivity contribution in [1.29, 1.82) is 0 Å². The molecule has 2 atom stereocenters. The number of halogens is 3. The molecule has 0 spiro atoms. The molecule has 0 aliphatic rings. The Morgan fingerprint density at radius 2 is 1.84 bits per heavy atom. The molecule has 1 aromatic carbocycles. The lowest BCUT2D eigenvalue weighted by Crippen LogP contribution is -2.47. The minimum absolute atomic E-state index is 0.109. The lowest BCUT2D eigenvalue weighted by molar-refractivity contribution is -0.142. The van der Waals surface area contributed by atoms with Crippen molar-refractivity contribution in [3.05, 3.63) is 41.8 Å². The van der Waals surface area contributed by atoms with Gasteiger partial charge in [0.15, 0.2) is 11.7 Å². The first-order chi connectivity index (χ1) is 11.6. The van der Waals surface area contributed by atoms with Crippen molar-refractivity contribution in [3.63, 3.8) is 0 Å². The van der Waals surface area contributed by atoms with Crippen LogP contribution in [0.1, 0.15) is 23.0 Å². The quantitative estimate of drug-likeness (QED) is 0.753. The smallest absolute Gasteiger partial charge is 0.416 e. The number of aliphatic carboxylic acids is 1. The second-order valence-corrected chi connectivity index (χ2v) is 5.14. The summed E-state index contributed by atoms with van der Waals surface area (Å²) in [6, 6.07) is 2.40. The second kappa shape index (κ2) is 6.93. The summed E-state index contributed by atoms with van der Waals surface area (Å²) >= 11 is 0. The zero-order valence-electron chi connectivity index (χ0n) is 12.7. The normalized spacial score (nSPS) is 14.0. The molecule has 2 unspecified atom stereocenters. The summed E-state index contributed by atoms with van der Waals surface area (Å²) in [6.45, 7) is 1.19. The minimum Gasteiger partial charge on any atom is -0.480 e. The Hall–Kier alpha value is -2.88. The average Bonchev–Trinajstić information content (AvgIpc) is 3.01. The third-order valence-corrected chi connectivity index (χ3v) is 3.23. The Balaban J connectivity index is 2.16. The number of amides is 1. The van der Waals surface area contributed by atoms with E-state index < -0.39 is 35.8 Å².